The number of nitriles is 2. The van der Waals surface area contributed by atoms with E-state index in [1.807, 2.05) is 6.07 Å². The van der Waals surface area contributed by atoms with E-state index in [0.29, 0.717) is 29.1 Å². The van der Waals surface area contributed by atoms with Gasteiger partial charge in [-0.2, -0.15) is 10.5 Å². The van der Waals surface area contributed by atoms with E-state index >= 15 is 0 Å². The molecule has 25 heavy (non-hydrogen) atoms. The Morgan fingerprint density at radius 3 is 2.84 bits per heavy atom. The summed E-state index contributed by atoms with van der Waals surface area (Å²) >= 11 is 0. The van der Waals surface area contributed by atoms with Crippen molar-refractivity contribution in [3.63, 3.8) is 0 Å². The van der Waals surface area contributed by atoms with Crippen LogP contribution in [-0.4, -0.2) is 41.2 Å². The van der Waals surface area contributed by atoms with Crippen LogP contribution in [-0.2, 0) is 0 Å². The lowest BCUT2D eigenvalue weighted by molar-refractivity contribution is 0.0888. The van der Waals surface area contributed by atoms with Crippen LogP contribution in [0.25, 0.3) is 0 Å². The molecule has 2 atom stereocenters. The van der Waals surface area contributed by atoms with E-state index in [4.69, 9.17) is 5.26 Å². The van der Waals surface area contributed by atoms with E-state index in [0.717, 1.165) is 0 Å². The molecule has 7 heteroatoms. The Morgan fingerprint density at radius 1 is 1.24 bits per heavy atom. The van der Waals surface area contributed by atoms with E-state index < -0.39 is 12.1 Å². The number of carbonyl (C=O) groups excluding carboxylic acids is 1. The third-order valence-corrected chi connectivity index (χ3v) is 4.07. The van der Waals surface area contributed by atoms with Gasteiger partial charge in [-0.25, -0.2) is 4.98 Å². The Bertz CT molecular complexity index is 884. The quantitative estimate of drug-likeness (QED) is 0.859. The lowest BCUT2D eigenvalue weighted by Gasteiger charge is -2.18. The molecule has 3 rings (SSSR count). The first-order valence-electron chi connectivity index (χ1n) is 7.71. The van der Waals surface area contributed by atoms with Gasteiger partial charge in [-0.05, 0) is 30.3 Å². The Labute approximate surface area is 144 Å². The number of aromatic nitrogens is 1. The normalized spacial score (nSPS) is 19.1. The van der Waals surface area contributed by atoms with E-state index in [-0.39, 0.29) is 12.5 Å². The zero-order chi connectivity index (χ0) is 17.8. The number of hydrogen-bond donors (Lipinski definition) is 2. The van der Waals surface area contributed by atoms with Crippen LogP contribution in [0.4, 0.5) is 5.82 Å². The van der Waals surface area contributed by atoms with Crippen LogP contribution in [0, 0.1) is 22.7 Å². The summed E-state index contributed by atoms with van der Waals surface area (Å²) in [7, 11) is 0. The van der Waals surface area contributed by atoms with E-state index in [1.165, 1.54) is 6.07 Å². The Balaban J connectivity index is 1.73. The molecule has 124 valence electrons. The van der Waals surface area contributed by atoms with Crippen molar-refractivity contribution < 1.29 is 9.90 Å². The van der Waals surface area contributed by atoms with Gasteiger partial charge in [-0.15, -0.1) is 0 Å². The first kappa shape index (κ1) is 16.4. The van der Waals surface area contributed by atoms with E-state index in [9.17, 15) is 15.2 Å². The number of β-amino-alcohol motifs (C(OH)–C–C–N with tert-alkyl or cyclic N) is 1. The molecule has 1 aromatic carbocycles. The van der Waals surface area contributed by atoms with Crippen molar-refractivity contribution in [2.75, 3.05) is 18.0 Å². The van der Waals surface area contributed by atoms with Gasteiger partial charge in [0.25, 0.3) is 5.91 Å². The lowest BCUT2D eigenvalue weighted by atomic mass is 10.1. The highest BCUT2D eigenvalue weighted by molar-refractivity contribution is 5.94. The second-order valence-corrected chi connectivity index (χ2v) is 5.73. The zero-order valence-corrected chi connectivity index (χ0v) is 13.3. The lowest BCUT2D eigenvalue weighted by Crippen LogP contribution is -2.42. The second kappa shape index (κ2) is 7.00. The van der Waals surface area contributed by atoms with Gasteiger partial charge in [0, 0.05) is 24.8 Å². The van der Waals surface area contributed by atoms with Crippen molar-refractivity contribution in [1.29, 1.82) is 10.5 Å². The van der Waals surface area contributed by atoms with Crippen LogP contribution in [0.3, 0.4) is 0 Å². The maximum atomic E-state index is 12.4. The molecular formula is C18H15N5O2. The molecular weight excluding hydrogens is 318 g/mol. The molecule has 1 aromatic heterocycles. The van der Waals surface area contributed by atoms with Crippen LogP contribution in [0.2, 0.25) is 0 Å². The number of rotatable bonds is 3. The highest BCUT2D eigenvalue weighted by Crippen LogP contribution is 2.22. The monoisotopic (exact) mass is 333 g/mol. The summed E-state index contributed by atoms with van der Waals surface area (Å²) in [5, 5.41) is 31.1. The van der Waals surface area contributed by atoms with Crippen LogP contribution < -0.4 is 10.2 Å². The van der Waals surface area contributed by atoms with Crippen molar-refractivity contribution >= 4 is 11.7 Å². The molecule has 2 N–H and O–H groups in total. The molecule has 1 amide bonds. The molecule has 1 fully saturated rings. The molecule has 2 aromatic rings. The summed E-state index contributed by atoms with van der Waals surface area (Å²) in [6.07, 6.45) is 0.804. The minimum Gasteiger partial charge on any atom is -0.389 e. The Morgan fingerprint density at radius 2 is 2.08 bits per heavy atom. The fraction of sp³-hybridized carbons (Fsp3) is 0.222. The van der Waals surface area contributed by atoms with Crippen molar-refractivity contribution in [3.05, 3.63) is 59.3 Å². The number of carbonyl (C=O) groups is 1. The number of hydrogen-bond acceptors (Lipinski definition) is 6. The number of benzene rings is 1. The van der Waals surface area contributed by atoms with Gasteiger partial charge >= 0.3 is 0 Å². The molecule has 7 nitrogen and oxygen atoms in total. The third-order valence-electron chi connectivity index (χ3n) is 4.07. The Hall–Kier alpha value is -3.42. The smallest absolute Gasteiger partial charge is 0.251 e. The third kappa shape index (κ3) is 3.42. The number of nitrogens with zero attached hydrogens (tertiary/aromatic N) is 4. The summed E-state index contributed by atoms with van der Waals surface area (Å²) in [5.41, 5.74) is 1.18. The summed E-state index contributed by atoms with van der Waals surface area (Å²) in [5.74, 6) is 0.136. The molecule has 1 saturated heterocycles. The maximum Gasteiger partial charge on any atom is 0.251 e. The number of anilines is 1. The van der Waals surface area contributed by atoms with Crippen LogP contribution in [0.5, 0.6) is 0 Å². The van der Waals surface area contributed by atoms with Gasteiger partial charge in [0.1, 0.15) is 11.9 Å². The molecule has 1 aliphatic heterocycles. The average molecular weight is 333 g/mol. The molecule has 0 bridgehead atoms. The first-order chi connectivity index (χ1) is 12.1. The van der Waals surface area contributed by atoms with Gasteiger partial charge in [0.15, 0.2) is 0 Å². The fourth-order valence-corrected chi connectivity index (χ4v) is 2.82. The van der Waals surface area contributed by atoms with Crippen molar-refractivity contribution in [2.24, 2.45) is 0 Å². The SMILES string of the molecule is N#Cc1cccc(C(=O)NC2CN(c3ncccc3C#N)CC2O)c1. The highest BCUT2D eigenvalue weighted by Gasteiger charge is 2.34. The molecule has 0 radical (unpaired) electrons. The molecule has 0 saturated carbocycles. The van der Waals surface area contributed by atoms with E-state index in [2.05, 4.69) is 16.4 Å². The summed E-state index contributed by atoms with van der Waals surface area (Å²) in [4.78, 5) is 18.3. The van der Waals surface area contributed by atoms with Gasteiger partial charge in [-0.1, -0.05) is 6.07 Å². The van der Waals surface area contributed by atoms with Crippen LogP contribution in [0.15, 0.2) is 42.6 Å². The molecule has 0 aliphatic carbocycles. The average Bonchev–Trinajstić information content (AvgIpc) is 3.02. The van der Waals surface area contributed by atoms with Gasteiger partial charge in [0.05, 0.1) is 29.3 Å². The summed E-state index contributed by atoms with van der Waals surface area (Å²) < 4.78 is 0. The standard InChI is InChI=1S/C18H15N5O2/c19-8-12-3-1-4-13(7-12)18(25)22-15-10-23(11-16(15)24)17-14(9-20)5-2-6-21-17/h1-7,15-16,24H,10-11H2,(H,22,25). The topological polar surface area (TPSA) is 113 Å². The predicted octanol–water partition coefficient (Wildman–Crippen LogP) is 0.804. The first-order valence-corrected chi connectivity index (χ1v) is 7.71. The number of amides is 1. The maximum absolute atomic E-state index is 12.4. The predicted molar refractivity (Wildman–Crippen MR) is 89.6 cm³/mol. The summed E-state index contributed by atoms with van der Waals surface area (Å²) in [6, 6.07) is 13.3. The number of aliphatic hydroxyl groups excluding tert-OH is 1. The fourth-order valence-electron chi connectivity index (χ4n) is 2.82. The van der Waals surface area contributed by atoms with Crippen LogP contribution >= 0.6 is 0 Å². The number of aliphatic hydroxyl groups is 1. The van der Waals surface area contributed by atoms with Crippen molar-refractivity contribution in [2.45, 2.75) is 12.1 Å². The summed E-state index contributed by atoms with van der Waals surface area (Å²) in [6.45, 7) is 0.616. The number of pyridine rings is 1. The molecule has 2 heterocycles. The molecule has 1 aliphatic rings. The van der Waals surface area contributed by atoms with Crippen molar-refractivity contribution in [3.8, 4) is 12.1 Å². The zero-order valence-electron chi connectivity index (χ0n) is 13.3. The van der Waals surface area contributed by atoms with E-state index in [1.54, 1.807) is 41.4 Å². The van der Waals surface area contributed by atoms with Gasteiger partial charge in [-0.3, -0.25) is 4.79 Å². The largest absolute Gasteiger partial charge is 0.389 e. The minimum absolute atomic E-state index is 0.273. The minimum atomic E-state index is -0.781. The molecule has 0 spiro atoms. The molecule has 2 unspecified atom stereocenters. The highest BCUT2D eigenvalue weighted by atomic mass is 16.3. The second-order valence-electron chi connectivity index (χ2n) is 5.73. The Kier molecular flexibility index (Phi) is 4.60. The van der Waals surface area contributed by atoms with Gasteiger partial charge in [0.2, 0.25) is 0 Å². The number of nitrogens with one attached hydrogen (secondary N) is 1. The van der Waals surface area contributed by atoms with Crippen LogP contribution in [0.1, 0.15) is 21.5 Å². The van der Waals surface area contributed by atoms with Gasteiger partial charge < -0.3 is 15.3 Å². The van der Waals surface area contributed by atoms with Crippen molar-refractivity contribution in [1.82, 2.24) is 10.3 Å².